The van der Waals surface area contributed by atoms with Crippen molar-refractivity contribution in [1.82, 2.24) is 0 Å². The molecule has 2 N–H and O–H groups in total. The zero-order valence-electron chi connectivity index (χ0n) is 8.36. The fourth-order valence-corrected chi connectivity index (χ4v) is 1.15. The van der Waals surface area contributed by atoms with Crippen LogP contribution < -0.4 is 4.74 Å². The molecule has 1 rings (SSSR count). The van der Waals surface area contributed by atoms with E-state index in [1.807, 2.05) is 0 Å². The van der Waals surface area contributed by atoms with Crippen molar-refractivity contribution in [2.24, 2.45) is 0 Å². The molecule has 0 fully saturated rings. The minimum Gasteiger partial charge on any atom is -0.504 e. The van der Waals surface area contributed by atoms with Crippen molar-refractivity contribution in [2.75, 3.05) is 6.61 Å². The SMILES string of the molecule is C=C(C(=O)O)c1cccc(OCC)c1O. The van der Waals surface area contributed by atoms with Crippen molar-refractivity contribution in [3.63, 3.8) is 0 Å². The Bertz CT molecular complexity index is 396. The summed E-state index contributed by atoms with van der Waals surface area (Å²) in [5.74, 6) is -1.09. The highest BCUT2D eigenvalue weighted by Gasteiger charge is 2.14. The normalized spacial score (nSPS) is 9.67. The molecule has 0 aliphatic carbocycles. The van der Waals surface area contributed by atoms with Crippen molar-refractivity contribution in [1.29, 1.82) is 0 Å². The van der Waals surface area contributed by atoms with Crippen LogP contribution >= 0.6 is 0 Å². The van der Waals surface area contributed by atoms with Gasteiger partial charge in [0.2, 0.25) is 0 Å². The number of carbonyl (C=O) groups is 1. The Morgan fingerprint density at radius 3 is 2.73 bits per heavy atom. The highest BCUT2D eigenvalue weighted by atomic mass is 16.5. The lowest BCUT2D eigenvalue weighted by molar-refractivity contribution is -0.130. The predicted octanol–water partition coefficient (Wildman–Crippen LogP) is 1.89. The number of para-hydroxylation sites is 1. The second-order valence-corrected chi connectivity index (χ2v) is 2.87. The van der Waals surface area contributed by atoms with Crippen LogP contribution in [0.4, 0.5) is 0 Å². The van der Waals surface area contributed by atoms with E-state index < -0.39 is 5.97 Å². The molecular weight excluding hydrogens is 196 g/mol. The highest BCUT2D eigenvalue weighted by Crippen LogP contribution is 2.33. The molecule has 4 nitrogen and oxygen atoms in total. The van der Waals surface area contributed by atoms with Gasteiger partial charge in [-0.3, -0.25) is 0 Å². The first-order valence-corrected chi connectivity index (χ1v) is 4.45. The number of carboxylic acid groups (broad SMARTS) is 1. The number of benzene rings is 1. The number of aliphatic carboxylic acids is 1. The Kier molecular flexibility index (Phi) is 3.33. The average molecular weight is 208 g/mol. The molecule has 0 unspecified atom stereocenters. The lowest BCUT2D eigenvalue weighted by atomic mass is 10.1. The molecule has 0 radical (unpaired) electrons. The number of aromatic hydroxyl groups is 1. The van der Waals surface area contributed by atoms with Gasteiger partial charge in [-0.25, -0.2) is 4.79 Å². The van der Waals surface area contributed by atoms with Crippen LogP contribution in [0.25, 0.3) is 5.57 Å². The van der Waals surface area contributed by atoms with E-state index in [0.29, 0.717) is 6.61 Å². The third kappa shape index (κ3) is 2.28. The first kappa shape index (κ1) is 11.1. The monoisotopic (exact) mass is 208 g/mol. The molecule has 4 heteroatoms. The Morgan fingerprint density at radius 2 is 2.20 bits per heavy atom. The summed E-state index contributed by atoms with van der Waals surface area (Å²) in [5.41, 5.74) is 0.0162. The minimum absolute atomic E-state index is 0.158. The van der Waals surface area contributed by atoms with Crippen LogP contribution in [0.15, 0.2) is 24.8 Å². The third-order valence-corrected chi connectivity index (χ3v) is 1.88. The summed E-state index contributed by atoms with van der Waals surface area (Å²) in [6, 6.07) is 4.65. The van der Waals surface area contributed by atoms with Gasteiger partial charge in [-0.15, -0.1) is 0 Å². The van der Waals surface area contributed by atoms with E-state index in [1.54, 1.807) is 19.1 Å². The van der Waals surface area contributed by atoms with Gasteiger partial charge < -0.3 is 14.9 Å². The maximum atomic E-state index is 10.7. The van der Waals surface area contributed by atoms with Crippen LogP contribution in [0, 0.1) is 0 Å². The molecule has 0 spiro atoms. The summed E-state index contributed by atoms with van der Waals surface area (Å²) in [6.45, 7) is 5.55. The standard InChI is InChI=1S/C11H12O4/c1-3-15-9-6-4-5-8(10(9)12)7(2)11(13)14/h4-6,12H,2-3H2,1H3,(H,13,14). The van der Waals surface area contributed by atoms with Crippen LogP contribution in [0.5, 0.6) is 11.5 Å². The van der Waals surface area contributed by atoms with Crippen molar-refractivity contribution in [3.05, 3.63) is 30.3 Å². The highest BCUT2D eigenvalue weighted by molar-refractivity contribution is 6.15. The van der Waals surface area contributed by atoms with E-state index in [1.165, 1.54) is 6.07 Å². The van der Waals surface area contributed by atoms with Gasteiger partial charge >= 0.3 is 5.97 Å². The van der Waals surface area contributed by atoms with Gasteiger partial charge in [0, 0.05) is 5.56 Å². The van der Waals surface area contributed by atoms with Crippen molar-refractivity contribution >= 4 is 11.5 Å². The number of phenolic OH excluding ortho intramolecular Hbond substituents is 1. The topological polar surface area (TPSA) is 66.8 Å². The Morgan fingerprint density at radius 1 is 1.53 bits per heavy atom. The summed E-state index contributed by atoms with van der Waals surface area (Å²) in [7, 11) is 0. The molecule has 0 atom stereocenters. The van der Waals surface area contributed by atoms with Gasteiger partial charge in [0.25, 0.3) is 0 Å². The van der Waals surface area contributed by atoms with Crippen molar-refractivity contribution in [3.8, 4) is 11.5 Å². The van der Waals surface area contributed by atoms with Crippen LogP contribution in [-0.4, -0.2) is 22.8 Å². The first-order valence-electron chi connectivity index (χ1n) is 4.45. The van der Waals surface area contributed by atoms with E-state index in [9.17, 15) is 9.90 Å². The number of hydrogen-bond donors (Lipinski definition) is 2. The van der Waals surface area contributed by atoms with E-state index in [2.05, 4.69) is 6.58 Å². The van der Waals surface area contributed by atoms with Gasteiger partial charge in [-0.2, -0.15) is 0 Å². The third-order valence-electron chi connectivity index (χ3n) is 1.88. The Labute approximate surface area is 87.4 Å². The second kappa shape index (κ2) is 4.50. The number of carboxylic acids is 1. The molecule has 1 aromatic rings. The quantitative estimate of drug-likeness (QED) is 0.741. The summed E-state index contributed by atoms with van der Waals surface area (Å²) in [5, 5.41) is 18.4. The van der Waals surface area contributed by atoms with Crippen molar-refractivity contribution < 1.29 is 19.7 Å². The molecular formula is C11H12O4. The predicted molar refractivity (Wildman–Crippen MR) is 55.9 cm³/mol. The molecule has 15 heavy (non-hydrogen) atoms. The summed E-state index contributed by atoms with van der Waals surface area (Å²) >= 11 is 0. The molecule has 0 aliphatic rings. The van der Waals surface area contributed by atoms with E-state index >= 15 is 0 Å². The van der Waals surface area contributed by atoms with E-state index in [0.717, 1.165) is 0 Å². The molecule has 0 heterocycles. The van der Waals surface area contributed by atoms with Crippen LogP contribution in [0.3, 0.4) is 0 Å². The maximum absolute atomic E-state index is 10.7. The number of phenols is 1. The molecule has 80 valence electrons. The molecule has 0 aliphatic heterocycles. The lowest BCUT2D eigenvalue weighted by Crippen LogP contribution is -2.00. The van der Waals surface area contributed by atoms with Gasteiger partial charge in [-0.05, 0) is 13.0 Å². The van der Waals surface area contributed by atoms with Gasteiger partial charge in [0.05, 0.1) is 12.2 Å². The Hall–Kier alpha value is -1.97. The fraction of sp³-hybridized carbons (Fsp3) is 0.182. The van der Waals surface area contributed by atoms with Gasteiger partial charge in [-0.1, -0.05) is 18.7 Å². The molecule has 0 aromatic heterocycles. The number of hydrogen-bond acceptors (Lipinski definition) is 3. The zero-order chi connectivity index (χ0) is 11.4. The number of rotatable bonds is 4. The molecule has 0 amide bonds. The molecule has 0 bridgehead atoms. The molecule has 0 saturated carbocycles. The van der Waals surface area contributed by atoms with Crippen LogP contribution in [-0.2, 0) is 4.79 Å². The smallest absolute Gasteiger partial charge is 0.335 e. The first-order chi connectivity index (χ1) is 7.07. The largest absolute Gasteiger partial charge is 0.504 e. The van der Waals surface area contributed by atoms with E-state index in [4.69, 9.17) is 9.84 Å². The summed E-state index contributed by atoms with van der Waals surface area (Å²) in [4.78, 5) is 10.7. The van der Waals surface area contributed by atoms with Crippen LogP contribution in [0.2, 0.25) is 0 Å². The second-order valence-electron chi connectivity index (χ2n) is 2.87. The van der Waals surface area contributed by atoms with E-state index in [-0.39, 0.29) is 22.6 Å². The average Bonchev–Trinajstić information content (AvgIpc) is 2.20. The van der Waals surface area contributed by atoms with Gasteiger partial charge in [0.15, 0.2) is 11.5 Å². The summed E-state index contributed by atoms with van der Waals surface area (Å²) in [6.07, 6.45) is 0. The molecule has 1 aromatic carbocycles. The zero-order valence-corrected chi connectivity index (χ0v) is 8.36. The van der Waals surface area contributed by atoms with Crippen molar-refractivity contribution in [2.45, 2.75) is 6.92 Å². The van der Waals surface area contributed by atoms with Crippen LogP contribution in [0.1, 0.15) is 12.5 Å². The van der Waals surface area contributed by atoms with Gasteiger partial charge in [0.1, 0.15) is 0 Å². The lowest BCUT2D eigenvalue weighted by Gasteiger charge is -2.09. The fourth-order valence-electron chi connectivity index (χ4n) is 1.15. The Balaban J connectivity index is 3.14. The number of ether oxygens (including phenoxy) is 1. The molecule has 0 saturated heterocycles. The summed E-state index contributed by atoms with van der Waals surface area (Å²) < 4.78 is 5.12. The maximum Gasteiger partial charge on any atom is 0.335 e. The minimum atomic E-state index is -1.17.